The number of pyridine rings is 1. The number of hydrogen-bond acceptors (Lipinski definition) is 5. The molecule has 2 fully saturated rings. The normalized spacial score (nSPS) is 20.5. The van der Waals surface area contributed by atoms with Crippen LogP contribution in [0.3, 0.4) is 0 Å². The first kappa shape index (κ1) is 19.9. The number of aromatic nitrogens is 3. The molecule has 1 atom stereocenters. The second-order valence-electron chi connectivity index (χ2n) is 8.39. The van der Waals surface area contributed by atoms with Crippen molar-refractivity contribution in [3.8, 4) is 0 Å². The van der Waals surface area contributed by atoms with Crippen LogP contribution in [0.2, 0.25) is 0 Å². The van der Waals surface area contributed by atoms with Gasteiger partial charge in [-0.1, -0.05) is 0 Å². The average Bonchev–Trinajstić information content (AvgIpc) is 3.30. The monoisotopic (exact) mass is 396 g/mol. The summed E-state index contributed by atoms with van der Waals surface area (Å²) in [5, 5.41) is 4.40. The van der Waals surface area contributed by atoms with Crippen LogP contribution in [0.1, 0.15) is 48.5 Å². The van der Waals surface area contributed by atoms with Crippen molar-refractivity contribution >= 4 is 11.6 Å². The van der Waals surface area contributed by atoms with Gasteiger partial charge in [-0.15, -0.1) is 0 Å². The lowest BCUT2D eigenvalue weighted by Crippen LogP contribution is -2.48. The van der Waals surface area contributed by atoms with E-state index in [9.17, 15) is 4.79 Å². The average molecular weight is 397 g/mol. The van der Waals surface area contributed by atoms with Crippen LogP contribution in [0.25, 0.3) is 0 Å². The molecule has 2 aliphatic heterocycles. The number of likely N-dealkylation sites (tertiary alicyclic amines) is 1. The number of carbonyl (C=O) groups is 1. The zero-order valence-corrected chi connectivity index (χ0v) is 18.1. The summed E-state index contributed by atoms with van der Waals surface area (Å²) in [5.74, 6) is 0.170. The SMILES string of the molecule is CC(=O)N1CCN(c2cc(C)nc(C3CCCN3Cc3cnn(C)c3C)c2)CC1. The van der Waals surface area contributed by atoms with Gasteiger partial charge >= 0.3 is 0 Å². The van der Waals surface area contributed by atoms with Crippen molar-refractivity contribution in [2.24, 2.45) is 7.05 Å². The zero-order valence-electron chi connectivity index (χ0n) is 18.1. The molecular formula is C22H32N6O. The van der Waals surface area contributed by atoms with E-state index in [1.54, 1.807) is 6.92 Å². The van der Waals surface area contributed by atoms with Crippen molar-refractivity contribution in [3.05, 3.63) is 41.0 Å². The quantitative estimate of drug-likeness (QED) is 0.795. The largest absolute Gasteiger partial charge is 0.368 e. The second kappa shape index (κ2) is 8.14. The van der Waals surface area contributed by atoms with Gasteiger partial charge in [0.15, 0.2) is 0 Å². The number of nitrogens with zero attached hydrogens (tertiary/aromatic N) is 6. The topological polar surface area (TPSA) is 57.5 Å². The first-order chi connectivity index (χ1) is 13.9. The van der Waals surface area contributed by atoms with Crippen LogP contribution >= 0.6 is 0 Å². The fourth-order valence-electron chi connectivity index (χ4n) is 4.58. The lowest BCUT2D eigenvalue weighted by molar-refractivity contribution is -0.129. The Hall–Kier alpha value is -2.41. The first-order valence-electron chi connectivity index (χ1n) is 10.6. The Morgan fingerprint density at radius 1 is 1.14 bits per heavy atom. The summed E-state index contributed by atoms with van der Waals surface area (Å²) in [6, 6.07) is 4.80. The third-order valence-corrected chi connectivity index (χ3v) is 6.46. The molecule has 29 heavy (non-hydrogen) atoms. The summed E-state index contributed by atoms with van der Waals surface area (Å²) in [6.07, 6.45) is 4.34. The van der Waals surface area contributed by atoms with E-state index in [4.69, 9.17) is 4.98 Å². The molecule has 2 aromatic heterocycles. The molecule has 7 nitrogen and oxygen atoms in total. The standard InChI is InChI=1S/C22H32N6O/c1-16-12-20(27-10-8-26(9-11-27)18(3)29)13-21(24-16)22-6-5-7-28(22)15-19-14-23-25(4)17(19)2/h12-14,22H,5-11,15H2,1-4H3. The molecule has 4 rings (SSSR count). The number of hydrogen-bond donors (Lipinski definition) is 0. The van der Waals surface area contributed by atoms with Gasteiger partial charge in [0, 0.05) is 69.3 Å². The van der Waals surface area contributed by atoms with Gasteiger partial charge < -0.3 is 9.80 Å². The van der Waals surface area contributed by atoms with Gasteiger partial charge in [0.2, 0.25) is 5.91 Å². The van der Waals surface area contributed by atoms with Gasteiger partial charge in [-0.2, -0.15) is 5.10 Å². The molecule has 1 amide bonds. The second-order valence-corrected chi connectivity index (χ2v) is 8.39. The smallest absolute Gasteiger partial charge is 0.219 e. The van der Waals surface area contributed by atoms with E-state index in [2.05, 4.69) is 40.9 Å². The molecular weight excluding hydrogens is 364 g/mol. The summed E-state index contributed by atoms with van der Waals surface area (Å²) >= 11 is 0. The molecule has 0 aromatic carbocycles. The van der Waals surface area contributed by atoms with E-state index >= 15 is 0 Å². The zero-order chi connectivity index (χ0) is 20.5. The highest BCUT2D eigenvalue weighted by atomic mass is 16.2. The summed E-state index contributed by atoms with van der Waals surface area (Å²) in [7, 11) is 2.00. The van der Waals surface area contributed by atoms with Crippen LogP contribution in [0, 0.1) is 13.8 Å². The predicted octanol–water partition coefficient (Wildman–Crippen LogP) is 2.44. The Labute approximate surface area is 173 Å². The molecule has 2 aliphatic rings. The highest BCUT2D eigenvalue weighted by Gasteiger charge is 2.29. The van der Waals surface area contributed by atoms with Crippen molar-refractivity contribution in [1.82, 2.24) is 24.6 Å². The maximum atomic E-state index is 11.6. The van der Waals surface area contributed by atoms with Gasteiger partial charge in [-0.3, -0.25) is 19.4 Å². The van der Waals surface area contributed by atoms with Crippen LogP contribution in [0.5, 0.6) is 0 Å². The van der Waals surface area contributed by atoms with E-state index in [-0.39, 0.29) is 5.91 Å². The summed E-state index contributed by atoms with van der Waals surface area (Å²) in [6.45, 7) is 11.2. The molecule has 0 N–H and O–H groups in total. The number of aryl methyl sites for hydroxylation is 2. The molecule has 0 radical (unpaired) electrons. The van der Waals surface area contributed by atoms with Gasteiger partial charge in [-0.05, 0) is 45.4 Å². The molecule has 7 heteroatoms. The third-order valence-electron chi connectivity index (χ3n) is 6.46. The van der Waals surface area contributed by atoms with Crippen molar-refractivity contribution in [1.29, 1.82) is 0 Å². The molecule has 4 heterocycles. The Bertz CT molecular complexity index is 883. The van der Waals surface area contributed by atoms with E-state index in [0.717, 1.165) is 51.4 Å². The minimum absolute atomic E-state index is 0.170. The van der Waals surface area contributed by atoms with Crippen LogP contribution in [0.15, 0.2) is 18.3 Å². The highest BCUT2D eigenvalue weighted by molar-refractivity contribution is 5.73. The van der Waals surface area contributed by atoms with Gasteiger partial charge in [0.1, 0.15) is 0 Å². The molecule has 0 spiro atoms. The molecule has 0 saturated carbocycles. The fourth-order valence-corrected chi connectivity index (χ4v) is 4.58. The maximum absolute atomic E-state index is 11.6. The minimum Gasteiger partial charge on any atom is -0.368 e. The van der Waals surface area contributed by atoms with Crippen LogP contribution in [-0.2, 0) is 18.4 Å². The molecule has 0 bridgehead atoms. The summed E-state index contributed by atoms with van der Waals surface area (Å²) in [5.41, 5.74) is 6.01. The highest BCUT2D eigenvalue weighted by Crippen LogP contribution is 2.34. The van der Waals surface area contributed by atoms with E-state index in [1.165, 1.54) is 29.1 Å². The number of rotatable bonds is 4. The van der Waals surface area contributed by atoms with Gasteiger partial charge in [-0.25, -0.2) is 0 Å². The fraction of sp³-hybridized carbons (Fsp3) is 0.591. The maximum Gasteiger partial charge on any atom is 0.219 e. The molecule has 2 aromatic rings. The van der Waals surface area contributed by atoms with E-state index in [0.29, 0.717) is 6.04 Å². The number of anilines is 1. The van der Waals surface area contributed by atoms with Crippen molar-refractivity contribution in [3.63, 3.8) is 0 Å². The number of piperazine rings is 1. The Morgan fingerprint density at radius 2 is 1.90 bits per heavy atom. The van der Waals surface area contributed by atoms with Gasteiger partial charge in [0.05, 0.1) is 17.9 Å². The number of amides is 1. The Balaban J connectivity index is 1.52. The molecule has 156 valence electrons. The minimum atomic E-state index is 0.170. The van der Waals surface area contributed by atoms with Crippen molar-refractivity contribution in [2.75, 3.05) is 37.6 Å². The molecule has 0 aliphatic carbocycles. The van der Waals surface area contributed by atoms with Crippen LogP contribution in [0.4, 0.5) is 5.69 Å². The lowest BCUT2D eigenvalue weighted by atomic mass is 10.1. The van der Waals surface area contributed by atoms with E-state index < -0.39 is 0 Å². The Morgan fingerprint density at radius 3 is 2.55 bits per heavy atom. The molecule has 1 unspecified atom stereocenters. The van der Waals surface area contributed by atoms with Gasteiger partial charge in [0.25, 0.3) is 0 Å². The van der Waals surface area contributed by atoms with Crippen molar-refractivity contribution in [2.45, 2.75) is 46.2 Å². The molecule has 2 saturated heterocycles. The lowest BCUT2D eigenvalue weighted by Gasteiger charge is -2.36. The summed E-state index contributed by atoms with van der Waals surface area (Å²) in [4.78, 5) is 23.4. The Kier molecular flexibility index (Phi) is 5.58. The van der Waals surface area contributed by atoms with Crippen molar-refractivity contribution < 1.29 is 4.79 Å². The predicted molar refractivity (Wildman–Crippen MR) is 114 cm³/mol. The van der Waals surface area contributed by atoms with Crippen LogP contribution < -0.4 is 4.90 Å². The van der Waals surface area contributed by atoms with Crippen LogP contribution in [-0.4, -0.2) is 63.2 Å². The first-order valence-corrected chi connectivity index (χ1v) is 10.6. The van der Waals surface area contributed by atoms with E-state index in [1.807, 2.05) is 22.8 Å². The summed E-state index contributed by atoms with van der Waals surface area (Å²) < 4.78 is 1.95. The third kappa shape index (κ3) is 4.15. The number of carbonyl (C=O) groups excluding carboxylic acids is 1.